The third kappa shape index (κ3) is 3.18. The van der Waals surface area contributed by atoms with Gasteiger partial charge in [0, 0.05) is 6.04 Å². The third-order valence-electron chi connectivity index (χ3n) is 3.62. The van der Waals surface area contributed by atoms with Gasteiger partial charge in [0.05, 0.1) is 11.5 Å². The van der Waals surface area contributed by atoms with E-state index in [2.05, 4.69) is 4.90 Å². The van der Waals surface area contributed by atoms with Crippen molar-refractivity contribution in [2.45, 2.75) is 44.6 Å². The maximum absolute atomic E-state index is 11.4. The molecule has 88 valence electrons. The highest BCUT2D eigenvalue weighted by Crippen LogP contribution is 2.20. The van der Waals surface area contributed by atoms with E-state index in [9.17, 15) is 8.42 Å². The van der Waals surface area contributed by atoms with Gasteiger partial charge in [-0.3, -0.25) is 4.90 Å². The maximum Gasteiger partial charge on any atom is 0.151 e. The molecule has 3 nitrogen and oxygen atoms in total. The number of hydrogen-bond acceptors (Lipinski definition) is 3. The molecule has 0 bridgehead atoms. The first-order valence-corrected chi connectivity index (χ1v) is 7.94. The highest BCUT2D eigenvalue weighted by atomic mass is 32.2. The summed E-state index contributed by atoms with van der Waals surface area (Å²) in [6.07, 6.45) is 7.35. The predicted molar refractivity (Wildman–Crippen MR) is 61.7 cm³/mol. The lowest BCUT2D eigenvalue weighted by Gasteiger charge is -2.29. The fraction of sp³-hybridized carbons (Fsp3) is 1.00. The van der Waals surface area contributed by atoms with E-state index < -0.39 is 9.84 Å². The van der Waals surface area contributed by atoms with E-state index in [1.165, 1.54) is 32.1 Å². The Kier molecular flexibility index (Phi) is 3.67. The van der Waals surface area contributed by atoms with Crippen LogP contribution in [0.1, 0.15) is 38.5 Å². The molecule has 0 spiro atoms. The van der Waals surface area contributed by atoms with Gasteiger partial charge < -0.3 is 0 Å². The molecule has 0 N–H and O–H groups in total. The smallest absolute Gasteiger partial charge is 0.151 e. The number of hydrogen-bond donors (Lipinski definition) is 0. The second kappa shape index (κ2) is 4.83. The molecular weight excluding hydrogens is 210 g/mol. The second-order valence-corrected chi connectivity index (χ2v) is 7.09. The minimum Gasteiger partial charge on any atom is -0.299 e. The highest BCUT2D eigenvalue weighted by Gasteiger charge is 2.31. The maximum atomic E-state index is 11.4. The molecular formula is C11H21NO2S. The van der Waals surface area contributed by atoms with E-state index in [4.69, 9.17) is 0 Å². The predicted octanol–water partition coefficient (Wildman–Crippen LogP) is 1.44. The van der Waals surface area contributed by atoms with Gasteiger partial charge in [-0.05, 0) is 32.4 Å². The Morgan fingerprint density at radius 3 is 2.07 bits per heavy atom. The van der Waals surface area contributed by atoms with Crippen LogP contribution in [0.4, 0.5) is 0 Å². The van der Waals surface area contributed by atoms with Gasteiger partial charge >= 0.3 is 0 Å². The molecule has 0 aromatic carbocycles. The molecule has 1 atom stereocenters. The van der Waals surface area contributed by atoms with E-state index in [-0.39, 0.29) is 0 Å². The monoisotopic (exact) mass is 231 g/mol. The highest BCUT2D eigenvalue weighted by molar-refractivity contribution is 7.91. The zero-order valence-electron chi connectivity index (χ0n) is 9.32. The summed E-state index contributed by atoms with van der Waals surface area (Å²) in [5.74, 6) is 0.821. The lowest BCUT2D eigenvalue weighted by molar-refractivity contribution is 0.193. The van der Waals surface area contributed by atoms with Gasteiger partial charge in [-0.1, -0.05) is 19.3 Å². The summed E-state index contributed by atoms with van der Waals surface area (Å²) in [5.41, 5.74) is 0. The second-order valence-electron chi connectivity index (χ2n) is 4.86. The van der Waals surface area contributed by atoms with Crippen LogP contribution in [0.5, 0.6) is 0 Å². The molecule has 2 rings (SSSR count). The van der Waals surface area contributed by atoms with Crippen molar-refractivity contribution in [2.75, 3.05) is 24.6 Å². The van der Waals surface area contributed by atoms with Crippen LogP contribution in [0, 0.1) is 0 Å². The van der Waals surface area contributed by atoms with Crippen molar-refractivity contribution in [3.63, 3.8) is 0 Å². The summed E-state index contributed by atoms with van der Waals surface area (Å²) in [7, 11) is -2.71. The van der Waals surface area contributed by atoms with E-state index >= 15 is 0 Å². The molecule has 0 aromatic heterocycles. The van der Waals surface area contributed by atoms with Crippen molar-refractivity contribution in [3.8, 4) is 0 Å². The Hall–Kier alpha value is -0.0900. The standard InChI is InChI=1S/C11H21NO2S/c13-15(14)9-6-11(10-15)12-7-4-2-1-3-5-8-12/h11H,1-10H2. The van der Waals surface area contributed by atoms with Gasteiger partial charge in [0.2, 0.25) is 0 Å². The van der Waals surface area contributed by atoms with E-state index in [1.54, 1.807) is 0 Å². The quantitative estimate of drug-likeness (QED) is 0.685. The van der Waals surface area contributed by atoms with Crippen molar-refractivity contribution in [3.05, 3.63) is 0 Å². The van der Waals surface area contributed by atoms with Crippen LogP contribution < -0.4 is 0 Å². The zero-order valence-corrected chi connectivity index (χ0v) is 10.1. The van der Waals surface area contributed by atoms with Crippen LogP contribution in [0.25, 0.3) is 0 Å². The molecule has 0 aromatic rings. The largest absolute Gasteiger partial charge is 0.299 e. The van der Waals surface area contributed by atoms with Crippen LogP contribution in [-0.4, -0.2) is 44.0 Å². The van der Waals surface area contributed by atoms with Crippen LogP contribution in [0.2, 0.25) is 0 Å². The van der Waals surface area contributed by atoms with Crippen molar-refractivity contribution in [2.24, 2.45) is 0 Å². The first-order valence-electron chi connectivity index (χ1n) is 6.12. The molecule has 4 heteroatoms. The number of likely N-dealkylation sites (tertiary alicyclic amines) is 1. The lowest BCUT2D eigenvalue weighted by Crippen LogP contribution is -2.38. The molecule has 0 aliphatic carbocycles. The molecule has 0 amide bonds. The summed E-state index contributed by atoms with van der Waals surface area (Å²) in [6.45, 7) is 2.22. The minimum absolute atomic E-state index is 0.327. The summed E-state index contributed by atoms with van der Waals surface area (Å²) in [4.78, 5) is 2.42. The van der Waals surface area contributed by atoms with Gasteiger partial charge in [-0.15, -0.1) is 0 Å². The van der Waals surface area contributed by atoms with Gasteiger partial charge in [-0.25, -0.2) is 8.42 Å². The Morgan fingerprint density at radius 2 is 1.53 bits per heavy atom. The number of nitrogens with zero attached hydrogens (tertiary/aromatic N) is 1. The van der Waals surface area contributed by atoms with Gasteiger partial charge in [-0.2, -0.15) is 0 Å². The molecule has 2 fully saturated rings. The first-order chi connectivity index (χ1) is 7.17. The molecule has 2 saturated heterocycles. The van der Waals surface area contributed by atoms with Crippen molar-refractivity contribution in [1.29, 1.82) is 0 Å². The average molecular weight is 231 g/mol. The van der Waals surface area contributed by atoms with Gasteiger partial charge in [0.15, 0.2) is 9.84 Å². The Balaban J connectivity index is 1.91. The van der Waals surface area contributed by atoms with Crippen LogP contribution >= 0.6 is 0 Å². The third-order valence-corrected chi connectivity index (χ3v) is 5.37. The summed E-state index contributed by atoms with van der Waals surface area (Å²) >= 11 is 0. The SMILES string of the molecule is O=S1(=O)CCC(N2CCCCCCC2)C1. The van der Waals surface area contributed by atoms with Crippen LogP contribution in [-0.2, 0) is 9.84 Å². The van der Waals surface area contributed by atoms with Gasteiger partial charge in [0.25, 0.3) is 0 Å². The van der Waals surface area contributed by atoms with Crippen LogP contribution in [0.15, 0.2) is 0 Å². The molecule has 15 heavy (non-hydrogen) atoms. The minimum atomic E-state index is -2.71. The van der Waals surface area contributed by atoms with Gasteiger partial charge in [0.1, 0.15) is 0 Å². The summed E-state index contributed by atoms with van der Waals surface area (Å²) < 4.78 is 22.8. The molecule has 0 radical (unpaired) electrons. The Labute approximate surface area is 92.8 Å². The van der Waals surface area contributed by atoms with Crippen molar-refractivity contribution < 1.29 is 8.42 Å². The molecule has 1 unspecified atom stereocenters. The molecule has 2 aliphatic rings. The molecule has 2 heterocycles. The lowest BCUT2D eigenvalue weighted by atomic mass is 10.1. The van der Waals surface area contributed by atoms with E-state index in [0.717, 1.165) is 19.5 Å². The topological polar surface area (TPSA) is 37.4 Å². The Morgan fingerprint density at radius 1 is 0.933 bits per heavy atom. The summed E-state index contributed by atoms with van der Waals surface area (Å²) in [6, 6.07) is 0.327. The average Bonchev–Trinajstić information content (AvgIpc) is 2.45. The van der Waals surface area contributed by atoms with Crippen molar-refractivity contribution in [1.82, 2.24) is 4.90 Å². The fourth-order valence-corrected chi connectivity index (χ4v) is 4.46. The van der Waals surface area contributed by atoms with E-state index in [0.29, 0.717) is 17.5 Å². The zero-order chi connectivity index (χ0) is 10.7. The normalized spacial score (nSPS) is 33.5. The first kappa shape index (κ1) is 11.4. The Bertz CT molecular complexity index is 292. The van der Waals surface area contributed by atoms with Crippen molar-refractivity contribution >= 4 is 9.84 Å². The van der Waals surface area contributed by atoms with Crippen LogP contribution in [0.3, 0.4) is 0 Å². The van der Waals surface area contributed by atoms with E-state index in [1.807, 2.05) is 0 Å². The number of rotatable bonds is 1. The molecule has 0 saturated carbocycles. The molecule has 2 aliphatic heterocycles. The fourth-order valence-electron chi connectivity index (χ4n) is 2.70. The summed E-state index contributed by atoms with van der Waals surface area (Å²) in [5, 5.41) is 0. The number of sulfone groups is 1.